The van der Waals surface area contributed by atoms with E-state index in [1.54, 1.807) is 0 Å². The van der Waals surface area contributed by atoms with Crippen LogP contribution in [-0.2, 0) is 4.79 Å². The third kappa shape index (κ3) is 4.86. The fourth-order valence-electron chi connectivity index (χ4n) is 6.16. The highest BCUT2D eigenvalue weighted by atomic mass is 16.2. The molecular weight excluding hydrogens is 336 g/mol. The molecular formula is C22H40N4O. The molecule has 6 atom stereocenters. The van der Waals surface area contributed by atoms with Crippen LogP contribution in [0.15, 0.2) is 0 Å². The number of nitrogens with one attached hydrogen (secondary N) is 2. The Kier molecular flexibility index (Phi) is 6.40. The number of carbonyl (C=O) groups excluding carboxylic acids is 1. The largest absolute Gasteiger partial charge is 0.352 e. The van der Waals surface area contributed by atoms with Crippen molar-refractivity contribution in [1.82, 2.24) is 20.4 Å². The second kappa shape index (κ2) is 8.79. The molecule has 2 aliphatic carbocycles. The molecule has 2 saturated carbocycles. The molecule has 4 aliphatic rings. The Labute approximate surface area is 165 Å². The van der Waals surface area contributed by atoms with Gasteiger partial charge in [0.15, 0.2) is 0 Å². The number of likely N-dealkylation sites (N-methyl/N-ethyl adjacent to an activating group) is 1. The maximum Gasteiger partial charge on any atom is 0.237 e. The lowest BCUT2D eigenvalue weighted by molar-refractivity contribution is -0.124. The van der Waals surface area contributed by atoms with Gasteiger partial charge in [-0.1, -0.05) is 19.8 Å². The van der Waals surface area contributed by atoms with E-state index in [4.69, 9.17) is 0 Å². The van der Waals surface area contributed by atoms with E-state index < -0.39 is 0 Å². The van der Waals surface area contributed by atoms with Crippen LogP contribution in [0.4, 0.5) is 0 Å². The van der Waals surface area contributed by atoms with E-state index in [2.05, 4.69) is 34.4 Å². The topological polar surface area (TPSA) is 47.6 Å². The Morgan fingerprint density at radius 1 is 1.04 bits per heavy atom. The molecule has 0 aromatic heterocycles. The lowest BCUT2D eigenvalue weighted by Crippen LogP contribution is -2.50. The van der Waals surface area contributed by atoms with E-state index in [9.17, 15) is 4.79 Å². The van der Waals surface area contributed by atoms with Crippen molar-refractivity contribution in [3.05, 3.63) is 0 Å². The number of carbonyl (C=O) groups is 1. The third-order valence-corrected chi connectivity index (χ3v) is 7.85. The van der Waals surface area contributed by atoms with Crippen molar-refractivity contribution in [2.75, 3.05) is 39.8 Å². The van der Waals surface area contributed by atoms with Crippen molar-refractivity contribution in [2.45, 2.75) is 76.4 Å². The molecule has 0 spiro atoms. The first-order valence-corrected chi connectivity index (χ1v) is 11.6. The highest BCUT2D eigenvalue weighted by Gasteiger charge is 2.41. The third-order valence-electron chi connectivity index (χ3n) is 7.85. The van der Waals surface area contributed by atoms with Gasteiger partial charge in [-0.15, -0.1) is 0 Å². The summed E-state index contributed by atoms with van der Waals surface area (Å²) in [7, 11) is 2.22. The summed E-state index contributed by atoms with van der Waals surface area (Å²) in [4.78, 5) is 18.0. The molecule has 0 bridgehead atoms. The molecule has 27 heavy (non-hydrogen) atoms. The molecule has 2 aliphatic heterocycles. The van der Waals surface area contributed by atoms with Gasteiger partial charge in [-0.3, -0.25) is 4.79 Å². The zero-order valence-electron chi connectivity index (χ0n) is 17.5. The highest BCUT2D eigenvalue weighted by Crippen LogP contribution is 2.37. The number of hydrogen-bond donors (Lipinski definition) is 2. The molecule has 1 amide bonds. The quantitative estimate of drug-likeness (QED) is 0.789. The molecule has 4 rings (SSSR count). The Morgan fingerprint density at radius 2 is 1.81 bits per heavy atom. The summed E-state index contributed by atoms with van der Waals surface area (Å²) in [6.45, 7) is 8.38. The molecule has 5 nitrogen and oxygen atoms in total. The van der Waals surface area contributed by atoms with Gasteiger partial charge in [0, 0.05) is 44.8 Å². The van der Waals surface area contributed by atoms with Crippen LogP contribution in [0.5, 0.6) is 0 Å². The SMILES string of the molecule is CC1CCCC2CC(C(=O)NC3CCCC(CN4CCN(C)CC4)C3)NC12. The molecule has 0 aromatic carbocycles. The first kappa shape index (κ1) is 19.7. The predicted octanol–water partition coefficient (Wildman–Crippen LogP) is 2.08. The molecule has 0 aromatic rings. The highest BCUT2D eigenvalue weighted by molar-refractivity contribution is 5.82. The molecule has 6 unspecified atom stereocenters. The van der Waals surface area contributed by atoms with Gasteiger partial charge >= 0.3 is 0 Å². The number of rotatable bonds is 4. The molecule has 4 fully saturated rings. The zero-order chi connectivity index (χ0) is 18.8. The first-order valence-electron chi connectivity index (χ1n) is 11.6. The van der Waals surface area contributed by atoms with Crippen molar-refractivity contribution >= 4 is 5.91 Å². The molecule has 154 valence electrons. The zero-order valence-corrected chi connectivity index (χ0v) is 17.5. The van der Waals surface area contributed by atoms with Crippen LogP contribution in [-0.4, -0.2) is 73.6 Å². The standard InChI is InChI=1S/C22H40N4O/c1-16-5-3-7-18-14-20(24-21(16)18)22(27)23-19-8-4-6-17(13-19)15-26-11-9-25(2)10-12-26/h16-21,24H,3-15H2,1-2H3,(H,23,27). The summed E-state index contributed by atoms with van der Waals surface area (Å²) in [6, 6.07) is 1.02. The van der Waals surface area contributed by atoms with Gasteiger partial charge < -0.3 is 20.4 Å². The number of fused-ring (bicyclic) bond motifs is 1. The average molecular weight is 377 g/mol. The summed E-state index contributed by atoms with van der Waals surface area (Å²) >= 11 is 0. The van der Waals surface area contributed by atoms with E-state index >= 15 is 0 Å². The van der Waals surface area contributed by atoms with Crippen molar-refractivity contribution in [1.29, 1.82) is 0 Å². The van der Waals surface area contributed by atoms with E-state index in [0.717, 1.165) is 24.2 Å². The summed E-state index contributed by atoms with van der Waals surface area (Å²) < 4.78 is 0. The van der Waals surface area contributed by atoms with Crippen LogP contribution in [0.3, 0.4) is 0 Å². The smallest absolute Gasteiger partial charge is 0.237 e. The van der Waals surface area contributed by atoms with E-state index in [0.29, 0.717) is 12.1 Å². The average Bonchev–Trinajstić information content (AvgIpc) is 3.10. The Bertz CT molecular complexity index is 505. The van der Waals surface area contributed by atoms with Crippen molar-refractivity contribution in [3.63, 3.8) is 0 Å². The van der Waals surface area contributed by atoms with Crippen LogP contribution in [0, 0.1) is 17.8 Å². The van der Waals surface area contributed by atoms with Gasteiger partial charge in [0.25, 0.3) is 0 Å². The van der Waals surface area contributed by atoms with E-state index in [-0.39, 0.29) is 11.9 Å². The summed E-state index contributed by atoms with van der Waals surface area (Å²) in [5, 5.41) is 7.12. The monoisotopic (exact) mass is 376 g/mol. The van der Waals surface area contributed by atoms with E-state index in [1.165, 1.54) is 77.7 Å². The van der Waals surface area contributed by atoms with Gasteiger partial charge in [-0.25, -0.2) is 0 Å². The molecule has 5 heteroatoms. The van der Waals surface area contributed by atoms with Crippen LogP contribution in [0.25, 0.3) is 0 Å². The Hall–Kier alpha value is -0.650. The van der Waals surface area contributed by atoms with Gasteiger partial charge in [0.2, 0.25) is 5.91 Å². The second-order valence-electron chi connectivity index (χ2n) is 9.99. The number of amides is 1. The van der Waals surface area contributed by atoms with Crippen LogP contribution < -0.4 is 10.6 Å². The van der Waals surface area contributed by atoms with Crippen LogP contribution in [0.1, 0.15) is 58.3 Å². The fraction of sp³-hybridized carbons (Fsp3) is 0.955. The first-order chi connectivity index (χ1) is 13.1. The Morgan fingerprint density at radius 3 is 2.59 bits per heavy atom. The summed E-state index contributed by atoms with van der Waals surface area (Å²) in [5.41, 5.74) is 0. The minimum Gasteiger partial charge on any atom is -0.352 e. The van der Waals surface area contributed by atoms with Gasteiger partial charge in [0.1, 0.15) is 0 Å². The molecule has 2 heterocycles. The van der Waals surface area contributed by atoms with Gasteiger partial charge in [0.05, 0.1) is 6.04 Å². The maximum atomic E-state index is 12.9. The molecule has 2 saturated heterocycles. The maximum absolute atomic E-state index is 12.9. The number of piperazine rings is 1. The minimum absolute atomic E-state index is 0.0542. The van der Waals surface area contributed by atoms with Gasteiger partial charge in [-0.2, -0.15) is 0 Å². The van der Waals surface area contributed by atoms with Gasteiger partial charge in [-0.05, 0) is 63.3 Å². The number of nitrogens with zero attached hydrogens (tertiary/aromatic N) is 2. The van der Waals surface area contributed by atoms with Crippen LogP contribution in [0.2, 0.25) is 0 Å². The lowest BCUT2D eigenvalue weighted by atomic mass is 9.78. The van der Waals surface area contributed by atoms with E-state index in [1.807, 2.05) is 0 Å². The fourth-order valence-corrected chi connectivity index (χ4v) is 6.16. The lowest BCUT2D eigenvalue weighted by Gasteiger charge is -2.37. The minimum atomic E-state index is 0.0542. The number of hydrogen-bond acceptors (Lipinski definition) is 4. The normalized spacial score (nSPS) is 41.3. The Balaban J connectivity index is 1.23. The second-order valence-corrected chi connectivity index (χ2v) is 9.99. The van der Waals surface area contributed by atoms with Crippen molar-refractivity contribution in [2.24, 2.45) is 17.8 Å². The molecule has 0 radical (unpaired) electrons. The van der Waals surface area contributed by atoms with Crippen molar-refractivity contribution < 1.29 is 4.79 Å². The molecule has 2 N–H and O–H groups in total. The van der Waals surface area contributed by atoms with Crippen molar-refractivity contribution in [3.8, 4) is 0 Å². The summed E-state index contributed by atoms with van der Waals surface area (Å²) in [6.07, 6.45) is 9.97. The van der Waals surface area contributed by atoms with Crippen LogP contribution >= 0.6 is 0 Å². The predicted molar refractivity (Wildman–Crippen MR) is 110 cm³/mol. The summed E-state index contributed by atoms with van der Waals surface area (Å²) in [5.74, 6) is 2.48.